The van der Waals surface area contributed by atoms with Gasteiger partial charge in [0.25, 0.3) is 0 Å². The zero-order chi connectivity index (χ0) is 13.1. The van der Waals surface area contributed by atoms with Crippen molar-refractivity contribution in [3.05, 3.63) is 29.3 Å². The van der Waals surface area contributed by atoms with Crippen molar-refractivity contribution in [3.8, 4) is 0 Å². The SMILES string of the molecule is Cc1cc(CN2CCC(C(C)C)CC2)ccc1N. The standard InChI is InChI=1S/C16H26N2/c1-12(2)15-6-8-18(9-7-15)11-14-4-5-16(17)13(3)10-14/h4-5,10,12,15H,6-9,11,17H2,1-3H3. The average molecular weight is 246 g/mol. The van der Waals surface area contributed by atoms with Crippen LogP contribution in [-0.4, -0.2) is 18.0 Å². The lowest BCUT2D eigenvalue weighted by atomic mass is 9.86. The number of nitrogen functional groups attached to an aromatic ring is 1. The molecule has 0 bridgehead atoms. The molecular formula is C16H26N2. The first-order valence-corrected chi connectivity index (χ1v) is 7.13. The third kappa shape index (κ3) is 3.26. The number of hydrogen-bond donors (Lipinski definition) is 1. The molecule has 0 aliphatic carbocycles. The van der Waals surface area contributed by atoms with Gasteiger partial charge < -0.3 is 5.73 Å². The molecule has 0 unspecified atom stereocenters. The van der Waals surface area contributed by atoms with Crippen molar-refractivity contribution < 1.29 is 0 Å². The fraction of sp³-hybridized carbons (Fsp3) is 0.625. The van der Waals surface area contributed by atoms with Crippen LogP contribution in [0.3, 0.4) is 0 Å². The smallest absolute Gasteiger partial charge is 0.0343 e. The maximum atomic E-state index is 5.86. The van der Waals surface area contributed by atoms with E-state index in [1.807, 2.05) is 6.07 Å². The van der Waals surface area contributed by atoms with Crippen molar-refractivity contribution >= 4 is 5.69 Å². The molecule has 100 valence electrons. The lowest BCUT2D eigenvalue weighted by Crippen LogP contribution is -2.34. The van der Waals surface area contributed by atoms with Gasteiger partial charge in [-0.25, -0.2) is 0 Å². The van der Waals surface area contributed by atoms with Crippen molar-refractivity contribution in [2.24, 2.45) is 11.8 Å². The van der Waals surface area contributed by atoms with Crippen molar-refractivity contribution in [2.45, 2.75) is 40.2 Å². The fourth-order valence-corrected chi connectivity index (χ4v) is 2.87. The van der Waals surface area contributed by atoms with Gasteiger partial charge in [0, 0.05) is 12.2 Å². The van der Waals surface area contributed by atoms with E-state index in [4.69, 9.17) is 5.73 Å². The van der Waals surface area contributed by atoms with Crippen molar-refractivity contribution in [1.82, 2.24) is 4.90 Å². The van der Waals surface area contributed by atoms with E-state index in [9.17, 15) is 0 Å². The van der Waals surface area contributed by atoms with Gasteiger partial charge in [0.2, 0.25) is 0 Å². The van der Waals surface area contributed by atoms with Gasteiger partial charge in [0.15, 0.2) is 0 Å². The second-order valence-electron chi connectivity index (χ2n) is 6.05. The minimum absolute atomic E-state index is 0.839. The Labute approximate surface area is 111 Å². The summed E-state index contributed by atoms with van der Waals surface area (Å²) in [5.41, 5.74) is 9.35. The summed E-state index contributed by atoms with van der Waals surface area (Å²) < 4.78 is 0. The van der Waals surface area contributed by atoms with Gasteiger partial charge in [0.1, 0.15) is 0 Å². The lowest BCUT2D eigenvalue weighted by molar-refractivity contribution is 0.152. The monoisotopic (exact) mass is 246 g/mol. The van der Waals surface area contributed by atoms with E-state index in [0.29, 0.717) is 0 Å². The quantitative estimate of drug-likeness (QED) is 0.828. The van der Waals surface area contributed by atoms with Gasteiger partial charge in [-0.3, -0.25) is 4.90 Å². The zero-order valence-corrected chi connectivity index (χ0v) is 11.9. The molecule has 0 saturated carbocycles. The van der Waals surface area contributed by atoms with Crippen LogP contribution in [0.2, 0.25) is 0 Å². The van der Waals surface area contributed by atoms with Gasteiger partial charge in [-0.2, -0.15) is 0 Å². The highest BCUT2D eigenvalue weighted by molar-refractivity contribution is 5.47. The minimum atomic E-state index is 0.839. The van der Waals surface area contributed by atoms with Crippen LogP contribution in [-0.2, 0) is 6.54 Å². The molecule has 1 aliphatic rings. The van der Waals surface area contributed by atoms with Crippen LogP contribution in [0.1, 0.15) is 37.8 Å². The summed E-state index contributed by atoms with van der Waals surface area (Å²) >= 11 is 0. The Morgan fingerprint density at radius 1 is 1.28 bits per heavy atom. The summed E-state index contributed by atoms with van der Waals surface area (Å²) in [4.78, 5) is 2.57. The highest BCUT2D eigenvalue weighted by atomic mass is 15.1. The Morgan fingerprint density at radius 2 is 1.94 bits per heavy atom. The topological polar surface area (TPSA) is 29.3 Å². The summed E-state index contributed by atoms with van der Waals surface area (Å²) in [5.74, 6) is 1.76. The van der Waals surface area contributed by atoms with Crippen LogP contribution in [0.15, 0.2) is 18.2 Å². The average Bonchev–Trinajstić information content (AvgIpc) is 2.34. The lowest BCUT2D eigenvalue weighted by Gasteiger charge is -2.33. The first-order valence-electron chi connectivity index (χ1n) is 7.13. The number of rotatable bonds is 3. The van der Waals surface area contributed by atoms with E-state index in [-0.39, 0.29) is 0 Å². The molecule has 0 radical (unpaired) electrons. The van der Waals surface area contributed by atoms with Crippen LogP contribution in [0.25, 0.3) is 0 Å². The molecule has 1 aromatic rings. The van der Waals surface area contributed by atoms with Crippen molar-refractivity contribution in [1.29, 1.82) is 0 Å². The molecule has 0 spiro atoms. The van der Waals surface area contributed by atoms with Gasteiger partial charge in [-0.15, -0.1) is 0 Å². The van der Waals surface area contributed by atoms with E-state index in [1.54, 1.807) is 0 Å². The van der Waals surface area contributed by atoms with E-state index in [1.165, 1.54) is 37.1 Å². The Hall–Kier alpha value is -1.02. The Balaban J connectivity index is 1.89. The Kier molecular flexibility index (Phi) is 4.28. The van der Waals surface area contributed by atoms with Crippen LogP contribution in [0.4, 0.5) is 5.69 Å². The molecule has 0 amide bonds. The van der Waals surface area contributed by atoms with Gasteiger partial charge >= 0.3 is 0 Å². The summed E-state index contributed by atoms with van der Waals surface area (Å²) in [7, 11) is 0. The molecule has 0 aromatic heterocycles. The molecule has 1 aromatic carbocycles. The Morgan fingerprint density at radius 3 is 2.50 bits per heavy atom. The third-order valence-corrected chi connectivity index (χ3v) is 4.32. The number of hydrogen-bond acceptors (Lipinski definition) is 2. The van der Waals surface area contributed by atoms with Gasteiger partial charge in [0.05, 0.1) is 0 Å². The van der Waals surface area contributed by atoms with Gasteiger partial charge in [-0.1, -0.05) is 26.0 Å². The Bertz CT molecular complexity index is 390. The summed E-state index contributed by atoms with van der Waals surface area (Å²) in [6.07, 6.45) is 2.71. The second kappa shape index (κ2) is 5.75. The minimum Gasteiger partial charge on any atom is -0.399 e. The van der Waals surface area contributed by atoms with Crippen LogP contribution >= 0.6 is 0 Å². The first kappa shape index (κ1) is 13.4. The van der Waals surface area contributed by atoms with E-state index in [0.717, 1.165) is 24.1 Å². The summed E-state index contributed by atoms with van der Waals surface area (Å²) in [5, 5.41) is 0. The normalized spacial score (nSPS) is 18.4. The van der Waals surface area contributed by atoms with Crippen LogP contribution in [0, 0.1) is 18.8 Å². The largest absolute Gasteiger partial charge is 0.399 e. The highest BCUT2D eigenvalue weighted by Gasteiger charge is 2.21. The molecule has 1 fully saturated rings. The second-order valence-corrected chi connectivity index (χ2v) is 6.05. The molecule has 2 heteroatoms. The predicted molar refractivity (Wildman–Crippen MR) is 78.4 cm³/mol. The summed E-state index contributed by atoms with van der Waals surface area (Å²) in [6, 6.07) is 6.42. The maximum absolute atomic E-state index is 5.86. The number of nitrogens with zero attached hydrogens (tertiary/aromatic N) is 1. The molecule has 1 saturated heterocycles. The third-order valence-electron chi connectivity index (χ3n) is 4.32. The summed E-state index contributed by atoms with van der Waals surface area (Å²) in [6.45, 7) is 10.3. The highest BCUT2D eigenvalue weighted by Crippen LogP contribution is 2.25. The molecular weight excluding hydrogens is 220 g/mol. The predicted octanol–water partition coefficient (Wildman–Crippen LogP) is 3.45. The van der Waals surface area contributed by atoms with E-state index < -0.39 is 0 Å². The van der Waals surface area contributed by atoms with E-state index in [2.05, 4.69) is 37.8 Å². The van der Waals surface area contributed by atoms with Gasteiger partial charge in [-0.05, 0) is 61.9 Å². The van der Waals surface area contributed by atoms with Crippen molar-refractivity contribution in [3.63, 3.8) is 0 Å². The number of benzene rings is 1. The van der Waals surface area contributed by atoms with E-state index >= 15 is 0 Å². The molecule has 1 heterocycles. The first-order chi connectivity index (χ1) is 8.56. The van der Waals surface area contributed by atoms with Crippen molar-refractivity contribution in [2.75, 3.05) is 18.8 Å². The number of aryl methyl sites for hydroxylation is 1. The zero-order valence-electron chi connectivity index (χ0n) is 11.9. The number of anilines is 1. The fourth-order valence-electron chi connectivity index (χ4n) is 2.87. The number of nitrogens with two attached hydrogens (primary N) is 1. The number of piperidine rings is 1. The molecule has 2 rings (SSSR count). The number of likely N-dealkylation sites (tertiary alicyclic amines) is 1. The molecule has 2 N–H and O–H groups in total. The van der Waals surface area contributed by atoms with Crippen LogP contribution < -0.4 is 5.73 Å². The molecule has 0 atom stereocenters. The van der Waals surface area contributed by atoms with Crippen LogP contribution in [0.5, 0.6) is 0 Å². The molecule has 2 nitrogen and oxygen atoms in total. The maximum Gasteiger partial charge on any atom is 0.0343 e. The molecule has 1 aliphatic heterocycles. The molecule has 18 heavy (non-hydrogen) atoms.